The van der Waals surface area contributed by atoms with E-state index in [1.54, 1.807) is 0 Å². The summed E-state index contributed by atoms with van der Waals surface area (Å²) < 4.78 is 5.08. The lowest BCUT2D eigenvalue weighted by molar-refractivity contribution is -0.137. The first-order valence-electron chi connectivity index (χ1n) is 5.11. The van der Waals surface area contributed by atoms with Gasteiger partial charge in [-0.25, -0.2) is 4.79 Å². The Morgan fingerprint density at radius 1 is 1.40 bits per heavy atom. The summed E-state index contributed by atoms with van der Waals surface area (Å²) in [5, 5.41) is 0. The van der Waals surface area contributed by atoms with Crippen LogP contribution in [0, 0.1) is 0 Å². The summed E-state index contributed by atoms with van der Waals surface area (Å²) in [6, 6.07) is 9.55. The van der Waals surface area contributed by atoms with Crippen LogP contribution >= 0.6 is 0 Å². The minimum atomic E-state index is -0.314. The molecule has 0 spiro atoms. The Labute approximate surface area is 88.8 Å². The van der Waals surface area contributed by atoms with Crippen LogP contribution < -0.4 is 0 Å². The molecule has 0 amide bonds. The van der Waals surface area contributed by atoms with Gasteiger partial charge in [0.2, 0.25) is 0 Å². The summed E-state index contributed by atoms with van der Waals surface area (Å²) in [7, 11) is 0. The molecule has 3 heteroatoms. The zero-order valence-corrected chi connectivity index (χ0v) is 8.64. The number of carbonyl (C=O) groups is 1. The number of hydrogen-bond acceptors (Lipinski definition) is 3. The van der Waals surface area contributed by atoms with Crippen molar-refractivity contribution < 1.29 is 9.53 Å². The Morgan fingerprint density at radius 3 is 2.80 bits per heavy atom. The molecule has 1 atom stereocenters. The lowest BCUT2D eigenvalue weighted by Gasteiger charge is -2.18. The van der Waals surface area contributed by atoms with E-state index in [4.69, 9.17) is 4.74 Å². The maximum atomic E-state index is 11.5. The van der Waals surface area contributed by atoms with E-state index in [-0.39, 0.29) is 12.0 Å². The molecule has 2 rings (SSSR count). The van der Waals surface area contributed by atoms with E-state index in [9.17, 15) is 4.79 Å². The Morgan fingerprint density at radius 2 is 2.13 bits per heavy atom. The highest BCUT2D eigenvalue weighted by molar-refractivity contribution is 6.43. The molecule has 1 unspecified atom stereocenters. The van der Waals surface area contributed by atoms with Crippen molar-refractivity contribution in [1.82, 2.24) is 0 Å². The third-order valence-corrected chi connectivity index (χ3v) is 2.43. The number of hydrogen-bond donors (Lipinski definition) is 0. The van der Waals surface area contributed by atoms with Gasteiger partial charge in [0.1, 0.15) is 6.61 Å². The maximum absolute atomic E-state index is 11.5. The minimum Gasteiger partial charge on any atom is -0.459 e. The third-order valence-electron chi connectivity index (χ3n) is 2.43. The molecule has 0 saturated carbocycles. The molecule has 0 fully saturated rings. The van der Waals surface area contributed by atoms with Crippen LogP contribution in [0.3, 0.4) is 0 Å². The molecule has 3 nitrogen and oxygen atoms in total. The van der Waals surface area contributed by atoms with Crippen molar-refractivity contribution in [2.24, 2.45) is 4.99 Å². The number of nitrogens with zero attached hydrogens (tertiary/aromatic N) is 1. The average Bonchev–Trinajstić information content (AvgIpc) is 2.31. The van der Waals surface area contributed by atoms with Crippen LogP contribution in [0.25, 0.3) is 0 Å². The van der Waals surface area contributed by atoms with Gasteiger partial charge in [-0.05, 0) is 6.42 Å². The van der Waals surface area contributed by atoms with E-state index >= 15 is 0 Å². The molecule has 1 heterocycles. The first kappa shape index (κ1) is 9.90. The van der Waals surface area contributed by atoms with Crippen molar-refractivity contribution in [3.05, 3.63) is 35.9 Å². The van der Waals surface area contributed by atoms with Crippen LogP contribution in [0.15, 0.2) is 35.3 Å². The second-order valence-corrected chi connectivity index (χ2v) is 3.50. The van der Waals surface area contributed by atoms with Crippen LogP contribution in [0.4, 0.5) is 0 Å². The number of esters is 1. The third kappa shape index (κ3) is 2.06. The first-order chi connectivity index (χ1) is 7.31. The van der Waals surface area contributed by atoms with Crippen molar-refractivity contribution in [1.29, 1.82) is 0 Å². The molecule has 0 bridgehead atoms. The van der Waals surface area contributed by atoms with E-state index < -0.39 is 0 Å². The van der Waals surface area contributed by atoms with Crippen LogP contribution in [-0.2, 0) is 9.53 Å². The number of aliphatic imine (C=N–C) groups is 1. The SMILES string of the molecule is CCC1COC(=O)C(c2ccccc2)=N1. The minimum absolute atomic E-state index is 0.109. The molecule has 0 N–H and O–H groups in total. The fourth-order valence-electron chi connectivity index (χ4n) is 1.51. The van der Waals surface area contributed by atoms with E-state index in [0.717, 1.165) is 12.0 Å². The molecule has 1 aliphatic rings. The number of cyclic esters (lactones) is 1. The summed E-state index contributed by atoms with van der Waals surface area (Å²) in [4.78, 5) is 15.9. The fraction of sp³-hybridized carbons (Fsp3) is 0.333. The molecular formula is C12H13NO2. The summed E-state index contributed by atoms with van der Waals surface area (Å²) in [5.41, 5.74) is 1.29. The van der Waals surface area contributed by atoms with Gasteiger partial charge in [-0.2, -0.15) is 0 Å². The molecule has 1 aliphatic heterocycles. The van der Waals surface area contributed by atoms with Gasteiger partial charge in [0, 0.05) is 5.56 Å². The number of carbonyl (C=O) groups excluding carboxylic acids is 1. The van der Waals surface area contributed by atoms with Gasteiger partial charge in [-0.3, -0.25) is 4.99 Å². The highest BCUT2D eigenvalue weighted by Gasteiger charge is 2.23. The highest BCUT2D eigenvalue weighted by atomic mass is 16.5. The molecule has 1 aromatic carbocycles. The monoisotopic (exact) mass is 203 g/mol. The largest absolute Gasteiger partial charge is 0.459 e. The lowest BCUT2D eigenvalue weighted by Crippen LogP contribution is -2.31. The summed E-state index contributed by atoms with van der Waals surface area (Å²) in [6.07, 6.45) is 0.892. The van der Waals surface area contributed by atoms with E-state index in [2.05, 4.69) is 4.99 Å². The topological polar surface area (TPSA) is 38.7 Å². The van der Waals surface area contributed by atoms with Gasteiger partial charge in [0.05, 0.1) is 6.04 Å². The molecule has 0 radical (unpaired) electrons. The van der Waals surface area contributed by atoms with Crippen molar-refractivity contribution in [2.45, 2.75) is 19.4 Å². The molecule has 15 heavy (non-hydrogen) atoms. The Bertz CT molecular complexity index is 384. The van der Waals surface area contributed by atoms with Crippen LogP contribution in [-0.4, -0.2) is 24.3 Å². The number of rotatable bonds is 2. The molecule has 1 aromatic rings. The van der Waals surface area contributed by atoms with Crippen LogP contribution in [0.2, 0.25) is 0 Å². The van der Waals surface area contributed by atoms with Gasteiger partial charge < -0.3 is 4.74 Å². The lowest BCUT2D eigenvalue weighted by atomic mass is 10.1. The quantitative estimate of drug-likeness (QED) is 0.687. The zero-order chi connectivity index (χ0) is 10.7. The maximum Gasteiger partial charge on any atom is 0.357 e. The summed E-state index contributed by atoms with van der Waals surface area (Å²) in [6.45, 7) is 2.45. The first-order valence-corrected chi connectivity index (χ1v) is 5.11. The Balaban J connectivity index is 2.34. The van der Waals surface area contributed by atoms with E-state index in [0.29, 0.717) is 12.3 Å². The molecule has 0 saturated heterocycles. The molecular weight excluding hydrogens is 190 g/mol. The Hall–Kier alpha value is -1.64. The fourth-order valence-corrected chi connectivity index (χ4v) is 1.51. The number of benzene rings is 1. The molecule has 0 aliphatic carbocycles. The van der Waals surface area contributed by atoms with Gasteiger partial charge in [-0.15, -0.1) is 0 Å². The zero-order valence-electron chi connectivity index (χ0n) is 8.64. The smallest absolute Gasteiger partial charge is 0.357 e. The van der Waals surface area contributed by atoms with E-state index in [1.165, 1.54) is 0 Å². The van der Waals surface area contributed by atoms with Crippen molar-refractivity contribution in [3.63, 3.8) is 0 Å². The van der Waals surface area contributed by atoms with Crippen molar-refractivity contribution in [3.8, 4) is 0 Å². The van der Waals surface area contributed by atoms with Crippen molar-refractivity contribution in [2.75, 3.05) is 6.61 Å². The second kappa shape index (κ2) is 4.26. The molecule has 78 valence electrons. The normalized spacial score (nSPS) is 20.7. The highest BCUT2D eigenvalue weighted by Crippen LogP contribution is 2.12. The average molecular weight is 203 g/mol. The number of ether oxygens (including phenoxy) is 1. The van der Waals surface area contributed by atoms with Gasteiger partial charge >= 0.3 is 5.97 Å². The van der Waals surface area contributed by atoms with Gasteiger partial charge in [-0.1, -0.05) is 37.3 Å². The predicted octanol–water partition coefficient (Wildman–Crippen LogP) is 1.81. The van der Waals surface area contributed by atoms with Gasteiger partial charge in [0.15, 0.2) is 5.71 Å². The van der Waals surface area contributed by atoms with Crippen LogP contribution in [0.1, 0.15) is 18.9 Å². The summed E-state index contributed by atoms with van der Waals surface area (Å²) >= 11 is 0. The van der Waals surface area contributed by atoms with Crippen molar-refractivity contribution >= 4 is 11.7 Å². The summed E-state index contributed by atoms with van der Waals surface area (Å²) in [5.74, 6) is -0.314. The van der Waals surface area contributed by atoms with E-state index in [1.807, 2.05) is 37.3 Å². The second-order valence-electron chi connectivity index (χ2n) is 3.50. The molecule has 0 aromatic heterocycles. The Kier molecular flexibility index (Phi) is 2.81. The predicted molar refractivity (Wildman–Crippen MR) is 58.0 cm³/mol. The standard InChI is InChI=1S/C12H13NO2/c1-2-10-8-15-12(14)11(13-10)9-6-4-3-5-7-9/h3-7,10H,2,8H2,1H3. The van der Waals surface area contributed by atoms with Gasteiger partial charge in [0.25, 0.3) is 0 Å². The van der Waals surface area contributed by atoms with Crippen LogP contribution in [0.5, 0.6) is 0 Å².